The molecule has 2 atom stereocenters. The first kappa shape index (κ1) is 19.2. The number of hydrogen-bond acceptors (Lipinski definition) is 6. The molecule has 2 aromatic heterocycles. The van der Waals surface area contributed by atoms with Gasteiger partial charge in [-0.3, -0.25) is 4.90 Å². The predicted molar refractivity (Wildman–Crippen MR) is 116 cm³/mol. The summed E-state index contributed by atoms with van der Waals surface area (Å²) >= 11 is 0. The van der Waals surface area contributed by atoms with Gasteiger partial charge in [0, 0.05) is 37.8 Å². The van der Waals surface area contributed by atoms with Crippen LogP contribution in [0.15, 0.2) is 24.3 Å². The standard InChI is InChI=1S/C23H27N7/c1-15-9-17(20-11-22-23(21(12-24)25-20)26-27-29(22)3)7-6-16(15)5-4-8-30-14-18-10-19(30)13-28(18)2/h6-7,9,11,18-19H,4-5,8,10,13-14H2,1-3H3. The largest absolute Gasteiger partial charge is 0.301 e. The van der Waals surface area contributed by atoms with Crippen molar-refractivity contribution in [2.45, 2.75) is 38.3 Å². The molecule has 2 unspecified atom stereocenters. The number of rotatable bonds is 5. The highest BCUT2D eigenvalue weighted by Gasteiger charge is 2.40. The fraction of sp³-hybridized carbons (Fsp3) is 0.478. The molecule has 1 aromatic carbocycles. The number of aromatic nitrogens is 4. The van der Waals surface area contributed by atoms with Crippen molar-refractivity contribution < 1.29 is 0 Å². The van der Waals surface area contributed by atoms with Crippen molar-refractivity contribution in [3.8, 4) is 17.3 Å². The van der Waals surface area contributed by atoms with Crippen LogP contribution >= 0.6 is 0 Å². The Labute approximate surface area is 176 Å². The molecule has 7 nitrogen and oxygen atoms in total. The van der Waals surface area contributed by atoms with E-state index in [2.05, 4.69) is 63.3 Å². The van der Waals surface area contributed by atoms with E-state index in [0.29, 0.717) is 11.2 Å². The first-order valence-corrected chi connectivity index (χ1v) is 10.7. The third kappa shape index (κ3) is 3.26. The van der Waals surface area contributed by atoms with Crippen LogP contribution in [0.5, 0.6) is 0 Å². The molecule has 0 amide bonds. The summed E-state index contributed by atoms with van der Waals surface area (Å²) in [4.78, 5) is 9.72. The molecule has 30 heavy (non-hydrogen) atoms. The highest BCUT2D eigenvalue weighted by Crippen LogP contribution is 2.30. The van der Waals surface area contributed by atoms with Crippen LogP contribution in [0, 0.1) is 18.3 Å². The second-order valence-electron chi connectivity index (χ2n) is 8.77. The summed E-state index contributed by atoms with van der Waals surface area (Å²) in [5, 5.41) is 17.5. The lowest BCUT2D eigenvalue weighted by Crippen LogP contribution is -2.44. The Balaban J connectivity index is 1.30. The van der Waals surface area contributed by atoms with Crippen LogP contribution in [0.4, 0.5) is 0 Å². The van der Waals surface area contributed by atoms with E-state index in [1.165, 1.54) is 43.6 Å². The Morgan fingerprint density at radius 1 is 1.17 bits per heavy atom. The molecule has 0 radical (unpaired) electrons. The predicted octanol–water partition coefficient (Wildman–Crippen LogP) is 2.53. The number of fused-ring (bicyclic) bond motifs is 3. The van der Waals surface area contributed by atoms with E-state index in [1.54, 1.807) is 4.68 Å². The summed E-state index contributed by atoms with van der Waals surface area (Å²) in [5.41, 5.74) is 6.18. The normalized spacial score (nSPS) is 21.5. The van der Waals surface area contributed by atoms with Crippen LogP contribution in [-0.4, -0.2) is 68.5 Å². The van der Waals surface area contributed by atoms with Crippen molar-refractivity contribution in [1.29, 1.82) is 5.26 Å². The molecular weight excluding hydrogens is 374 g/mol. The number of benzene rings is 1. The van der Waals surface area contributed by atoms with Gasteiger partial charge in [-0.2, -0.15) is 5.26 Å². The summed E-state index contributed by atoms with van der Waals surface area (Å²) in [7, 11) is 4.09. The number of nitrogens with zero attached hydrogens (tertiary/aromatic N) is 7. The first-order valence-electron chi connectivity index (χ1n) is 10.7. The van der Waals surface area contributed by atoms with E-state index in [9.17, 15) is 5.26 Å². The van der Waals surface area contributed by atoms with E-state index >= 15 is 0 Å². The average molecular weight is 402 g/mol. The van der Waals surface area contributed by atoms with Crippen LogP contribution < -0.4 is 0 Å². The van der Waals surface area contributed by atoms with Crippen molar-refractivity contribution >= 4 is 11.0 Å². The average Bonchev–Trinajstić information content (AvgIpc) is 3.42. The van der Waals surface area contributed by atoms with Crippen molar-refractivity contribution in [3.63, 3.8) is 0 Å². The second-order valence-corrected chi connectivity index (χ2v) is 8.77. The summed E-state index contributed by atoms with van der Waals surface area (Å²) in [5.74, 6) is 0. The highest BCUT2D eigenvalue weighted by atomic mass is 15.4. The fourth-order valence-corrected chi connectivity index (χ4v) is 5.09. The Morgan fingerprint density at radius 2 is 2.03 bits per heavy atom. The van der Waals surface area contributed by atoms with Crippen molar-refractivity contribution in [3.05, 3.63) is 41.1 Å². The first-order chi connectivity index (χ1) is 14.5. The quantitative estimate of drug-likeness (QED) is 0.654. The summed E-state index contributed by atoms with van der Waals surface area (Å²) in [6, 6.07) is 12.2. The molecule has 0 spiro atoms. The molecular formula is C23H27N7. The van der Waals surface area contributed by atoms with Gasteiger partial charge in [0.25, 0.3) is 0 Å². The van der Waals surface area contributed by atoms with Gasteiger partial charge in [-0.1, -0.05) is 17.3 Å². The number of nitriles is 1. The third-order valence-corrected chi connectivity index (χ3v) is 6.86. The van der Waals surface area contributed by atoms with E-state index in [4.69, 9.17) is 0 Å². The van der Waals surface area contributed by atoms with E-state index in [1.807, 2.05) is 13.1 Å². The molecule has 154 valence electrons. The van der Waals surface area contributed by atoms with Crippen molar-refractivity contribution in [1.82, 2.24) is 29.8 Å². The molecule has 2 bridgehead atoms. The third-order valence-electron chi connectivity index (χ3n) is 6.86. The lowest BCUT2D eigenvalue weighted by molar-refractivity contribution is 0.148. The Morgan fingerprint density at radius 3 is 2.73 bits per heavy atom. The monoisotopic (exact) mass is 401 g/mol. The zero-order valence-electron chi connectivity index (χ0n) is 17.8. The van der Waals surface area contributed by atoms with Gasteiger partial charge in [0.1, 0.15) is 11.6 Å². The van der Waals surface area contributed by atoms with E-state index in [-0.39, 0.29) is 0 Å². The zero-order valence-corrected chi connectivity index (χ0v) is 17.8. The highest BCUT2D eigenvalue weighted by molar-refractivity contribution is 5.83. The van der Waals surface area contributed by atoms with Gasteiger partial charge in [-0.25, -0.2) is 9.67 Å². The molecule has 4 heterocycles. The summed E-state index contributed by atoms with van der Waals surface area (Å²) in [6.45, 7) is 5.82. The smallest absolute Gasteiger partial charge is 0.170 e. The molecule has 2 aliphatic rings. The van der Waals surface area contributed by atoms with Crippen molar-refractivity contribution in [2.24, 2.45) is 7.05 Å². The molecule has 0 N–H and O–H groups in total. The van der Waals surface area contributed by atoms with Gasteiger partial charge in [-0.05, 0) is 63.0 Å². The minimum Gasteiger partial charge on any atom is -0.301 e. The van der Waals surface area contributed by atoms with Crippen molar-refractivity contribution in [2.75, 3.05) is 26.7 Å². The van der Waals surface area contributed by atoms with Gasteiger partial charge in [0.2, 0.25) is 0 Å². The fourth-order valence-electron chi connectivity index (χ4n) is 5.09. The molecule has 2 fully saturated rings. The van der Waals surface area contributed by atoms with Gasteiger partial charge in [0.05, 0.1) is 11.2 Å². The topological polar surface area (TPSA) is 73.9 Å². The summed E-state index contributed by atoms with van der Waals surface area (Å²) in [6.07, 6.45) is 3.63. The second kappa shape index (κ2) is 7.46. The van der Waals surface area contributed by atoms with Crippen LogP contribution in [0.3, 0.4) is 0 Å². The number of piperazine rings is 1. The number of likely N-dealkylation sites (N-methyl/N-ethyl adjacent to an activating group) is 1. The Bertz CT molecular complexity index is 1140. The Kier molecular flexibility index (Phi) is 4.76. The molecule has 3 aromatic rings. The molecule has 0 aliphatic carbocycles. The van der Waals surface area contributed by atoms with Crippen LogP contribution in [0.1, 0.15) is 29.7 Å². The molecule has 2 saturated heterocycles. The number of hydrogen-bond donors (Lipinski definition) is 0. The van der Waals surface area contributed by atoms with E-state index in [0.717, 1.165) is 35.3 Å². The number of likely N-dealkylation sites (tertiary alicyclic amines) is 2. The van der Waals surface area contributed by atoms with Crippen LogP contribution in [0.2, 0.25) is 0 Å². The number of pyridine rings is 1. The van der Waals surface area contributed by atoms with Crippen LogP contribution in [0.25, 0.3) is 22.3 Å². The van der Waals surface area contributed by atoms with E-state index < -0.39 is 0 Å². The Hall–Kier alpha value is -2.82. The molecule has 0 saturated carbocycles. The van der Waals surface area contributed by atoms with Crippen LogP contribution in [-0.2, 0) is 13.5 Å². The van der Waals surface area contributed by atoms with Gasteiger partial charge in [-0.15, -0.1) is 5.10 Å². The lowest BCUT2D eigenvalue weighted by atomic mass is 9.99. The SMILES string of the molecule is Cc1cc(-c2cc3c(nnn3C)c(C#N)n2)ccc1CCCN1CC2CC1CN2C. The van der Waals surface area contributed by atoms with Gasteiger partial charge in [0.15, 0.2) is 5.69 Å². The minimum atomic E-state index is 0.322. The molecule has 7 heteroatoms. The maximum atomic E-state index is 9.46. The maximum Gasteiger partial charge on any atom is 0.170 e. The van der Waals surface area contributed by atoms with Gasteiger partial charge < -0.3 is 4.90 Å². The minimum absolute atomic E-state index is 0.322. The van der Waals surface area contributed by atoms with Gasteiger partial charge >= 0.3 is 0 Å². The molecule has 2 aliphatic heterocycles. The molecule has 5 rings (SSSR count). The zero-order chi connectivity index (χ0) is 20.8. The lowest BCUT2D eigenvalue weighted by Gasteiger charge is -2.31. The maximum absolute atomic E-state index is 9.46. The number of aryl methyl sites for hydroxylation is 3. The summed E-state index contributed by atoms with van der Waals surface area (Å²) < 4.78 is 1.69.